The molecule has 0 aliphatic heterocycles. The molecule has 0 bridgehead atoms. The number of anilines is 8. The van der Waals surface area contributed by atoms with E-state index in [1.165, 1.54) is 49.4 Å². The van der Waals surface area contributed by atoms with Gasteiger partial charge in [-0.2, -0.15) is 0 Å². The molecule has 0 aliphatic rings. The Kier molecular flexibility index (Phi) is 10.5. The monoisotopic (exact) mass is 811 g/mol. The molecule has 0 saturated carbocycles. The number of nitrogens with one attached hydrogen (secondary N) is 1. The number of para-hydroxylation sites is 3. The predicted octanol–water partition coefficient (Wildman–Crippen LogP) is 17.3. The van der Waals surface area contributed by atoms with Crippen LogP contribution in [0.25, 0.3) is 43.8 Å². The summed E-state index contributed by atoms with van der Waals surface area (Å²) in [5, 5.41) is 8.62. The van der Waals surface area contributed by atoms with E-state index in [0.717, 1.165) is 45.5 Å². The van der Waals surface area contributed by atoms with Gasteiger partial charge in [0.1, 0.15) is 0 Å². The molecule has 3 heteroatoms. The van der Waals surface area contributed by atoms with Crippen LogP contribution in [0.5, 0.6) is 0 Å². The van der Waals surface area contributed by atoms with Crippen molar-refractivity contribution in [2.75, 3.05) is 15.1 Å². The molecule has 0 amide bonds. The minimum absolute atomic E-state index is 0.135. The van der Waals surface area contributed by atoms with Crippen molar-refractivity contribution in [3.8, 4) is 22.3 Å². The quantitative estimate of drug-likeness (QED) is 0.139. The zero-order valence-corrected chi connectivity index (χ0v) is 35.9. The number of fused-ring (bicyclic) bond motifs is 2. The first-order valence-corrected chi connectivity index (χ1v) is 21.8. The van der Waals surface area contributed by atoms with Crippen molar-refractivity contribution in [1.82, 2.24) is 0 Å². The summed E-state index contributed by atoms with van der Waals surface area (Å²) in [6.07, 6.45) is 0. The molecule has 0 saturated heterocycles. The van der Waals surface area contributed by atoms with Crippen LogP contribution in [0.1, 0.15) is 26.3 Å². The van der Waals surface area contributed by atoms with Crippen molar-refractivity contribution >= 4 is 67.0 Å². The highest BCUT2D eigenvalue weighted by Gasteiger charge is 2.24. The highest BCUT2D eigenvalue weighted by molar-refractivity contribution is 6.21. The molecule has 0 radical (unpaired) electrons. The Bertz CT molecular complexity index is 3100. The molecular formula is C60H49N3. The summed E-state index contributed by atoms with van der Waals surface area (Å²) in [7, 11) is 0. The molecule has 63 heavy (non-hydrogen) atoms. The van der Waals surface area contributed by atoms with Gasteiger partial charge in [-0.05, 0) is 140 Å². The van der Waals surface area contributed by atoms with E-state index in [1.807, 2.05) is 6.07 Å². The molecule has 0 spiro atoms. The maximum absolute atomic E-state index is 3.62. The molecule has 1 N–H and O–H groups in total. The highest BCUT2D eigenvalue weighted by atomic mass is 15.2. The first-order valence-electron chi connectivity index (χ1n) is 21.8. The van der Waals surface area contributed by atoms with E-state index < -0.39 is 0 Å². The Hall–Kier alpha value is -7.88. The zero-order chi connectivity index (χ0) is 42.8. The maximum Gasteiger partial charge on any atom is 0.0485 e. The van der Waals surface area contributed by atoms with Crippen molar-refractivity contribution in [2.24, 2.45) is 0 Å². The lowest BCUT2D eigenvalue weighted by Gasteiger charge is -2.32. The normalized spacial score (nSPS) is 11.4. The molecule has 0 unspecified atom stereocenters. The fourth-order valence-corrected chi connectivity index (χ4v) is 8.88. The van der Waals surface area contributed by atoms with E-state index >= 15 is 0 Å². The van der Waals surface area contributed by atoms with Gasteiger partial charge in [0.05, 0.1) is 0 Å². The summed E-state index contributed by atoms with van der Waals surface area (Å²) in [5.41, 5.74) is 14.6. The fraction of sp³-hybridized carbons (Fsp3) is 0.0667. The second-order valence-corrected chi connectivity index (χ2v) is 17.1. The van der Waals surface area contributed by atoms with E-state index in [2.05, 4.69) is 266 Å². The van der Waals surface area contributed by atoms with Crippen LogP contribution >= 0.6 is 0 Å². The molecule has 10 rings (SSSR count). The summed E-state index contributed by atoms with van der Waals surface area (Å²) in [5.74, 6) is 0. The van der Waals surface area contributed by atoms with Crippen molar-refractivity contribution in [3.05, 3.63) is 242 Å². The summed E-state index contributed by atoms with van der Waals surface area (Å²) < 4.78 is 0. The summed E-state index contributed by atoms with van der Waals surface area (Å²) in [6.45, 7) is 6.89. The lowest BCUT2D eigenvalue weighted by molar-refractivity contribution is 0.590. The van der Waals surface area contributed by atoms with E-state index in [-0.39, 0.29) is 5.41 Å². The van der Waals surface area contributed by atoms with Gasteiger partial charge in [-0.15, -0.1) is 0 Å². The molecule has 0 atom stereocenters. The average Bonchev–Trinajstić information content (AvgIpc) is 3.32. The largest absolute Gasteiger partial charge is 0.355 e. The third-order valence-corrected chi connectivity index (χ3v) is 11.9. The maximum atomic E-state index is 3.62. The standard InChI is InChI=1S/C60H49N3/c1-60(2,3)45-39-52(42-53(40-45)63(49-28-14-7-15-29-49)51-30-20-25-47(41-51)61-46-23-10-5-11-24-46)62(48-26-12-6-13-27-48)50-37-35-44(36-38-50)59-56-33-18-16-31-54(56)58(43-21-8-4-9-22-43)55-32-17-19-34-57(55)59/h4-42,61H,1-3H3. The number of rotatable bonds is 10. The first-order chi connectivity index (χ1) is 30.9. The lowest BCUT2D eigenvalue weighted by atomic mass is 9.85. The second-order valence-electron chi connectivity index (χ2n) is 17.1. The minimum Gasteiger partial charge on any atom is -0.355 e. The van der Waals surface area contributed by atoms with Gasteiger partial charge in [0, 0.05) is 45.5 Å². The van der Waals surface area contributed by atoms with Crippen LogP contribution in [0.4, 0.5) is 45.5 Å². The smallest absolute Gasteiger partial charge is 0.0485 e. The molecule has 0 heterocycles. The SMILES string of the molecule is CC(C)(C)c1cc(N(c2ccccc2)c2ccc(-c3c4ccccc4c(-c4ccccc4)c4ccccc34)cc2)cc(N(c2ccccc2)c2cccc(Nc3ccccc3)c2)c1. The van der Waals surface area contributed by atoms with Crippen LogP contribution in [0, 0.1) is 0 Å². The molecule has 304 valence electrons. The minimum atomic E-state index is -0.135. The van der Waals surface area contributed by atoms with E-state index in [9.17, 15) is 0 Å². The second kappa shape index (κ2) is 16.9. The summed E-state index contributed by atoms with van der Waals surface area (Å²) >= 11 is 0. The summed E-state index contributed by atoms with van der Waals surface area (Å²) in [6, 6.07) is 85.2. The topological polar surface area (TPSA) is 18.5 Å². The highest BCUT2D eigenvalue weighted by Crippen LogP contribution is 2.46. The van der Waals surface area contributed by atoms with Crippen LogP contribution in [0.2, 0.25) is 0 Å². The van der Waals surface area contributed by atoms with Gasteiger partial charge in [-0.25, -0.2) is 0 Å². The van der Waals surface area contributed by atoms with Gasteiger partial charge in [-0.1, -0.05) is 172 Å². The van der Waals surface area contributed by atoms with Gasteiger partial charge in [0.25, 0.3) is 0 Å². The van der Waals surface area contributed by atoms with Crippen molar-refractivity contribution in [3.63, 3.8) is 0 Å². The Labute approximate surface area is 371 Å². The lowest BCUT2D eigenvalue weighted by Crippen LogP contribution is -2.17. The Morgan fingerprint density at radius 3 is 1.17 bits per heavy atom. The van der Waals surface area contributed by atoms with Crippen LogP contribution in [0.3, 0.4) is 0 Å². The van der Waals surface area contributed by atoms with Crippen LogP contribution in [-0.4, -0.2) is 0 Å². The molecule has 0 fully saturated rings. The molecule has 0 aliphatic carbocycles. The van der Waals surface area contributed by atoms with Gasteiger partial charge in [0.2, 0.25) is 0 Å². The third kappa shape index (κ3) is 7.93. The van der Waals surface area contributed by atoms with E-state index in [0.29, 0.717) is 0 Å². The fourth-order valence-electron chi connectivity index (χ4n) is 8.88. The van der Waals surface area contributed by atoms with Crippen molar-refractivity contribution < 1.29 is 0 Å². The first kappa shape index (κ1) is 39.3. The van der Waals surface area contributed by atoms with Gasteiger partial charge >= 0.3 is 0 Å². The van der Waals surface area contributed by atoms with Gasteiger partial charge in [-0.3, -0.25) is 0 Å². The summed E-state index contributed by atoms with van der Waals surface area (Å²) in [4.78, 5) is 4.77. The molecule has 10 aromatic rings. The Morgan fingerprint density at radius 2 is 0.683 bits per heavy atom. The van der Waals surface area contributed by atoms with Crippen LogP contribution in [0.15, 0.2) is 237 Å². The number of nitrogens with zero attached hydrogens (tertiary/aromatic N) is 2. The molecule has 10 aromatic carbocycles. The number of hydrogen-bond acceptors (Lipinski definition) is 3. The zero-order valence-electron chi connectivity index (χ0n) is 35.9. The average molecular weight is 812 g/mol. The van der Waals surface area contributed by atoms with Crippen LogP contribution < -0.4 is 15.1 Å². The number of hydrogen-bond donors (Lipinski definition) is 1. The predicted molar refractivity (Wildman–Crippen MR) is 270 cm³/mol. The molecular weight excluding hydrogens is 763 g/mol. The third-order valence-electron chi connectivity index (χ3n) is 11.9. The van der Waals surface area contributed by atoms with E-state index in [1.54, 1.807) is 0 Å². The molecule has 0 aromatic heterocycles. The van der Waals surface area contributed by atoms with Crippen molar-refractivity contribution in [2.45, 2.75) is 26.2 Å². The molecule has 3 nitrogen and oxygen atoms in total. The Morgan fingerprint density at radius 1 is 0.302 bits per heavy atom. The Balaban J connectivity index is 1.13. The van der Waals surface area contributed by atoms with Gasteiger partial charge in [0.15, 0.2) is 0 Å². The van der Waals surface area contributed by atoms with Crippen LogP contribution in [-0.2, 0) is 5.41 Å². The van der Waals surface area contributed by atoms with Crippen molar-refractivity contribution in [1.29, 1.82) is 0 Å². The van der Waals surface area contributed by atoms with E-state index in [4.69, 9.17) is 0 Å². The number of benzene rings is 10. The van der Waals surface area contributed by atoms with Gasteiger partial charge < -0.3 is 15.1 Å².